The Morgan fingerprint density at radius 1 is 1.09 bits per heavy atom. The molecule has 0 saturated heterocycles. The number of benzene rings is 2. The van der Waals surface area contributed by atoms with Crippen molar-refractivity contribution in [3.63, 3.8) is 0 Å². The number of para-hydroxylation sites is 1. The van der Waals surface area contributed by atoms with Gasteiger partial charge in [0.25, 0.3) is 0 Å². The lowest BCUT2D eigenvalue weighted by Gasteiger charge is -2.13. The molecule has 2 aromatic rings. The second-order valence-corrected chi connectivity index (χ2v) is 5.48. The van der Waals surface area contributed by atoms with E-state index in [1.807, 2.05) is 42.5 Å². The maximum atomic E-state index is 5.89. The highest BCUT2D eigenvalue weighted by Crippen LogP contribution is 2.17. The first-order chi connectivity index (χ1) is 11.2. The summed E-state index contributed by atoms with van der Waals surface area (Å²) in [6.45, 7) is 1.48. The fourth-order valence-corrected chi connectivity index (χ4v) is 2.36. The van der Waals surface area contributed by atoms with Gasteiger partial charge in [0.15, 0.2) is 5.96 Å². The molecule has 0 radical (unpaired) electrons. The Morgan fingerprint density at radius 2 is 1.83 bits per heavy atom. The van der Waals surface area contributed by atoms with Crippen LogP contribution in [0.3, 0.4) is 0 Å². The van der Waals surface area contributed by atoms with Gasteiger partial charge in [0.05, 0.1) is 7.11 Å². The molecule has 122 valence electrons. The molecule has 0 heterocycles. The Hall–Kier alpha value is -2.20. The van der Waals surface area contributed by atoms with Crippen molar-refractivity contribution >= 4 is 17.6 Å². The van der Waals surface area contributed by atoms with Crippen LogP contribution in [0.5, 0.6) is 5.75 Å². The third kappa shape index (κ3) is 5.49. The average molecular weight is 332 g/mol. The summed E-state index contributed by atoms with van der Waals surface area (Å²) in [6, 6.07) is 15.8. The van der Waals surface area contributed by atoms with Gasteiger partial charge < -0.3 is 15.4 Å². The van der Waals surface area contributed by atoms with Gasteiger partial charge in [0.2, 0.25) is 0 Å². The minimum absolute atomic E-state index is 0.700. The molecule has 0 atom stereocenters. The molecule has 0 bridgehead atoms. The zero-order chi connectivity index (χ0) is 16.5. The molecule has 2 aromatic carbocycles. The zero-order valence-electron chi connectivity index (χ0n) is 13.5. The number of halogens is 1. The van der Waals surface area contributed by atoms with E-state index in [-0.39, 0.29) is 0 Å². The number of guanidine groups is 1. The van der Waals surface area contributed by atoms with Crippen molar-refractivity contribution in [1.82, 2.24) is 10.6 Å². The third-order valence-corrected chi connectivity index (χ3v) is 3.73. The molecule has 0 fully saturated rings. The minimum Gasteiger partial charge on any atom is -0.496 e. The Balaban J connectivity index is 1.80. The van der Waals surface area contributed by atoms with Gasteiger partial charge in [-0.2, -0.15) is 0 Å². The molecule has 2 rings (SSSR count). The number of aliphatic imine (C=N–C) groups is 1. The van der Waals surface area contributed by atoms with Crippen LogP contribution in [-0.2, 0) is 13.0 Å². The van der Waals surface area contributed by atoms with Crippen LogP contribution in [-0.4, -0.2) is 26.7 Å². The number of hydrogen-bond acceptors (Lipinski definition) is 2. The van der Waals surface area contributed by atoms with Gasteiger partial charge in [-0.15, -0.1) is 0 Å². The summed E-state index contributed by atoms with van der Waals surface area (Å²) in [7, 11) is 3.46. The second kappa shape index (κ2) is 9.06. The van der Waals surface area contributed by atoms with Crippen molar-refractivity contribution in [2.75, 3.05) is 20.7 Å². The lowest BCUT2D eigenvalue weighted by molar-refractivity contribution is 0.409. The normalized spacial score (nSPS) is 11.2. The molecule has 2 N–H and O–H groups in total. The molecule has 0 saturated carbocycles. The minimum atomic E-state index is 0.700. The van der Waals surface area contributed by atoms with Crippen LogP contribution in [0.25, 0.3) is 0 Å². The fourth-order valence-electron chi connectivity index (χ4n) is 2.23. The van der Waals surface area contributed by atoms with Crippen LogP contribution in [0, 0.1) is 0 Å². The van der Waals surface area contributed by atoms with E-state index in [0.717, 1.165) is 35.3 Å². The topological polar surface area (TPSA) is 45.7 Å². The summed E-state index contributed by atoms with van der Waals surface area (Å²) in [5.41, 5.74) is 2.33. The first kappa shape index (κ1) is 17.2. The zero-order valence-corrected chi connectivity index (χ0v) is 14.2. The van der Waals surface area contributed by atoms with Gasteiger partial charge in [0, 0.05) is 25.2 Å². The molecule has 0 spiro atoms. The molecule has 0 aromatic heterocycles. The molecule has 5 heteroatoms. The van der Waals surface area contributed by atoms with E-state index in [1.54, 1.807) is 14.2 Å². The summed E-state index contributed by atoms with van der Waals surface area (Å²) in [4.78, 5) is 4.23. The summed E-state index contributed by atoms with van der Waals surface area (Å²) < 4.78 is 5.36. The van der Waals surface area contributed by atoms with Gasteiger partial charge in [-0.3, -0.25) is 4.99 Å². The smallest absolute Gasteiger partial charge is 0.191 e. The summed E-state index contributed by atoms with van der Waals surface area (Å²) in [5, 5.41) is 7.34. The summed E-state index contributed by atoms with van der Waals surface area (Å²) >= 11 is 5.89. The van der Waals surface area contributed by atoms with E-state index in [1.165, 1.54) is 5.56 Å². The molecule has 0 aliphatic heterocycles. The first-order valence-corrected chi connectivity index (χ1v) is 7.91. The molecule has 0 unspecified atom stereocenters. The van der Waals surface area contributed by atoms with Crippen molar-refractivity contribution < 1.29 is 4.74 Å². The number of ether oxygens (including phenoxy) is 1. The number of methoxy groups -OCH3 is 1. The molecular formula is C18H22ClN3O. The SMILES string of the molecule is CN=C(NCCc1ccccc1OC)NCc1ccc(Cl)cc1. The fraction of sp³-hybridized carbons (Fsp3) is 0.278. The molecule has 23 heavy (non-hydrogen) atoms. The molecule has 0 aliphatic rings. The number of nitrogens with zero attached hydrogens (tertiary/aromatic N) is 1. The Kier molecular flexibility index (Phi) is 6.76. The van der Waals surface area contributed by atoms with Gasteiger partial charge in [-0.1, -0.05) is 41.9 Å². The van der Waals surface area contributed by atoms with Crippen molar-refractivity contribution in [2.24, 2.45) is 4.99 Å². The van der Waals surface area contributed by atoms with Crippen LogP contribution in [0.15, 0.2) is 53.5 Å². The van der Waals surface area contributed by atoms with Gasteiger partial charge in [0.1, 0.15) is 5.75 Å². The van der Waals surface area contributed by atoms with Crippen LogP contribution < -0.4 is 15.4 Å². The Labute approximate surface area is 142 Å². The highest BCUT2D eigenvalue weighted by molar-refractivity contribution is 6.30. The van der Waals surface area contributed by atoms with E-state index in [2.05, 4.69) is 21.7 Å². The lowest BCUT2D eigenvalue weighted by atomic mass is 10.1. The first-order valence-electron chi connectivity index (χ1n) is 7.54. The van der Waals surface area contributed by atoms with E-state index in [0.29, 0.717) is 6.54 Å². The Morgan fingerprint density at radius 3 is 2.52 bits per heavy atom. The highest BCUT2D eigenvalue weighted by atomic mass is 35.5. The van der Waals surface area contributed by atoms with E-state index in [9.17, 15) is 0 Å². The van der Waals surface area contributed by atoms with E-state index >= 15 is 0 Å². The number of hydrogen-bond donors (Lipinski definition) is 2. The number of nitrogens with one attached hydrogen (secondary N) is 2. The van der Waals surface area contributed by atoms with Crippen molar-refractivity contribution in [2.45, 2.75) is 13.0 Å². The molecule has 0 aliphatic carbocycles. The average Bonchev–Trinajstić information content (AvgIpc) is 2.59. The van der Waals surface area contributed by atoms with E-state index < -0.39 is 0 Å². The molecule has 4 nitrogen and oxygen atoms in total. The maximum Gasteiger partial charge on any atom is 0.191 e. The van der Waals surface area contributed by atoms with Crippen LogP contribution in [0.2, 0.25) is 5.02 Å². The largest absolute Gasteiger partial charge is 0.496 e. The predicted octanol–water partition coefficient (Wildman–Crippen LogP) is 3.26. The Bertz CT molecular complexity index is 641. The van der Waals surface area contributed by atoms with Crippen LogP contribution in [0.1, 0.15) is 11.1 Å². The predicted molar refractivity (Wildman–Crippen MR) is 96.4 cm³/mol. The monoisotopic (exact) mass is 331 g/mol. The highest BCUT2D eigenvalue weighted by Gasteiger charge is 2.03. The van der Waals surface area contributed by atoms with Gasteiger partial charge in [-0.05, 0) is 35.7 Å². The summed E-state index contributed by atoms with van der Waals surface area (Å²) in [6.07, 6.45) is 0.867. The molecule has 0 amide bonds. The molecular weight excluding hydrogens is 310 g/mol. The standard InChI is InChI=1S/C18H22ClN3O/c1-20-18(22-13-14-7-9-16(19)10-8-14)21-12-11-15-5-3-4-6-17(15)23-2/h3-10H,11-13H2,1-2H3,(H2,20,21,22). The van der Waals surface area contributed by atoms with Crippen molar-refractivity contribution in [3.05, 3.63) is 64.7 Å². The third-order valence-electron chi connectivity index (χ3n) is 3.48. The number of rotatable bonds is 6. The lowest BCUT2D eigenvalue weighted by Crippen LogP contribution is -2.37. The van der Waals surface area contributed by atoms with E-state index in [4.69, 9.17) is 16.3 Å². The van der Waals surface area contributed by atoms with Crippen LogP contribution >= 0.6 is 11.6 Å². The quantitative estimate of drug-likeness (QED) is 0.631. The summed E-state index contributed by atoms with van der Waals surface area (Å²) in [5.74, 6) is 1.69. The van der Waals surface area contributed by atoms with Gasteiger partial charge in [-0.25, -0.2) is 0 Å². The maximum absolute atomic E-state index is 5.89. The van der Waals surface area contributed by atoms with Crippen molar-refractivity contribution in [1.29, 1.82) is 0 Å². The second-order valence-electron chi connectivity index (χ2n) is 5.04. The van der Waals surface area contributed by atoms with Crippen LogP contribution in [0.4, 0.5) is 0 Å². The van der Waals surface area contributed by atoms with Gasteiger partial charge >= 0.3 is 0 Å². The van der Waals surface area contributed by atoms with Crippen molar-refractivity contribution in [3.8, 4) is 5.75 Å².